The van der Waals surface area contributed by atoms with Crippen LogP contribution in [0.1, 0.15) is 32.4 Å². The smallest absolute Gasteiger partial charge is 0.265 e. The Morgan fingerprint density at radius 3 is 2.71 bits per heavy atom. The van der Waals surface area contributed by atoms with Gasteiger partial charge in [0.05, 0.1) is 10.7 Å². The summed E-state index contributed by atoms with van der Waals surface area (Å²) >= 11 is 1.54. The number of halogens is 2. The molecule has 0 radical (unpaired) electrons. The summed E-state index contributed by atoms with van der Waals surface area (Å²) in [6, 6.07) is 10.3. The van der Waals surface area contributed by atoms with Crippen LogP contribution in [0.3, 0.4) is 0 Å². The molecule has 24 heavy (non-hydrogen) atoms. The molecule has 2 aromatic rings. The van der Waals surface area contributed by atoms with E-state index in [4.69, 9.17) is 0 Å². The molecular formula is C17H23Cl2N3OS. The number of nitrogens with one attached hydrogen (secondary N) is 1. The monoisotopic (exact) mass is 387 g/mol. The van der Waals surface area contributed by atoms with Crippen molar-refractivity contribution >= 4 is 42.1 Å². The molecule has 1 aromatic carbocycles. The van der Waals surface area contributed by atoms with Gasteiger partial charge in [0.1, 0.15) is 4.88 Å². The van der Waals surface area contributed by atoms with E-state index < -0.39 is 0 Å². The first-order chi connectivity index (χ1) is 10.7. The second-order valence-corrected chi connectivity index (χ2v) is 6.66. The summed E-state index contributed by atoms with van der Waals surface area (Å²) in [5, 5.41) is 4.34. The summed E-state index contributed by atoms with van der Waals surface area (Å²) in [7, 11) is 0. The number of carbonyl (C=O) groups is 1. The number of hydrogen-bond donors (Lipinski definition) is 1. The summed E-state index contributed by atoms with van der Waals surface area (Å²) in [5.74, 6) is 0.137. The van der Waals surface area contributed by atoms with Crippen LogP contribution in [0.4, 0.5) is 0 Å². The number of amides is 1. The van der Waals surface area contributed by atoms with Gasteiger partial charge in [-0.25, -0.2) is 4.98 Å². The molecule has 1 N–H and O–H groups in total. The summed E-state index contributed by atoms with van der Waals surface area (Å²) in [5.41, 5.74) is 2.09. The third-order valence-electron chi connectivity index (χ3n) is 3.86. The van der Waals surface area contributed by atoms with Gasteiger partial charge in [0.25, 0.3) is 5.91 Å². The maximum atomic E-state index is 12.7. The highest BCUT2D eigenvalue weighted by atomic mass is 35.5. The summed E-state index contributed by atoms with van der Waals surface area (Å²) in [4.78, 5) is 20.1. The van der Waals surface area contributed by atoms with Crippen LogP contribution >= 0.6 is 36.2 Å². The number of aromatic nitrogens is 1. The fourth-order valence-corrected chi connectivity index (χ4v) is 3.76. The van der Waals surface area contributed by atoms with Gasteiger partial charge in [-0.2, -0.15) is 0 Å². The zero-order chi connectivity index (χ0) is 15.4. The lowest BCUT2D eigenvalue weighted by Gasteiger charge is -2.19. The Balaban J connectivity index is 0.00000144. The molecule has 1 fully saturated rings. The van der Waals surface area contributed by atoms with Gasteiger partial charge >= 0.3 is 0 Å². The van der Waals surface area contributed by atoms with E-state index in [0.29, 0.717) is 0 Å². The fraction of sp³-hybridized carbons (Fsp3) is 0.412. The van der Waals surface area contributed by atoms with E-state index >= 15 is 0 Å². The Morgan fingerprint density at radius 2 is 1.96 bits per heavy atom. The molecule has 0 spiro atoms. The summed E-state index contributed by atoms with van der Waals surface area (Å²) in [6.07, 6.45) is 1.81. The van der Waals surface area contributed by atoms with Crippen molar-refractivity contribution in [2.45, 2.75) is 19.8 Å². The Kier molecular flexibility index (Phi) is 8.70. The van der Waals surface area contributed by atoms with Crippen LogP contribution in [0.2, 0.25) is 0 Å². The Hall–Kier alpha value is -1.14. The van der Waals surface area contributed by atoms with Gasteiger partial charge in [0, 0.05) is 26.1 Å². The number of hydrogen-bond acceptors (Lipinski definition) is 4. The van der Waals surface area contributed by atoms with Crippen molar-refractivity contribution in [3.8, 4) is 0 Å². The lowest BCUT2D eigenvalue weighted by molar-refractivity contribution is 0.0770. The highest BCUT2D eigenvalue weighted by molar-refractivity contribution is 7.13. The van der Waals surface area contributed by atoms with E-state index in [0.717, 1.165) is 54.6 Å². The van der Waals surface area contributed by atoms with Gasteiger partial charge in [-0.05, 0) is 25.5 Å². The van der Waals surface area contributed by atoms with Crippen LogP contribution in [-0.2, 0) is 6.42 Å². The SMILES string of the molecule is Cc1nc(Cc2ccccc2)sc1C(=O)N1CCCNCC1.Cl.Cl. The molecule has 0 atom stereocenters. The van der Waals surface area contributed by atoms with Gasteiger partial charge in [0.2, 0.25) is 0 Å². The van der Waals surface area contributed by atoms with Gasteiger partial charge in [0.15, 0.2) is 0 Å². The largest absolute Gasteiger partial charge is 0.337 e. The number of rotatable bonds is 3. The molecular weight excluding hydrogens is 365 g/mol. The first-order valence-electron chi connectivity index (χ1n) is 7.74. The molecule has 1 amide bonds. The third kappa shape index (κ3) is 5.18. The summed E-state index contributed by atoms with van der Waals surface area (Å²) in [6.45, 7) is 5.42. The van der Waals surface area contributed by atoms with Crippen LogP contribution < -0.4 is 5.32 Å². The van der Waals surface area contributed by atoms with Crippen molar-refractivity contribution < 1.29 is 4.79 Å². The number of nitrogens with zero attached hydrogens (tertiary/aromatic N) is 2. The minimum atomic E-state index is 0. The Bertz CT molecular complexity index is 641. The predicted octanol–water partition coefficient (Wildman–Crippen LogP) is 3.32. The molecule has 132 valence electrons. The molecule has 7 heteroatoms. The molecule has 1 saturated heterocycles. The Labute approximate surface area is 159 Å². The normalized spacial score (nSPS) is 14.3. The van der Waals surface area contributed by atoms with Crippen molar-refractivity contribution in [2.24, 2.45) is 0 Å². The molecule has 2 heterocycles. The van der Waals surface area contributed by atoms with Crippen LogP contribution in [0, 0.1) is 6.92 Å². The average Bonchev–Trinajstić information content (AvgIpc) is 2.75. The van der Waals surface area contributed by atoms with Gasteiger partial charge < -0.3 is 10.2 Å². The molecule has 1 aliphatic rings. The Morgan fingerprint density at radius 1 is 1.21 bits per heavy atom. The lowest BCUT2D eigenvalue weighted by atomic mass is 10.2. The topological polar surface area (TPSA) is 45.2 Å². The average molecular weight is 388 g/mol. The fourth-order valence-electron chi connectivity index (χ4n) is 2.69. The van der Waals surface area contributed by atoms with E-state index in [9.17, 15) is 4.79 Å². The van der Waals surface area contributed by atoms with E-state index in [1.807, 2.05) is 30.0 Å². The predicted molar refractivity (Wildman–Crippen MR) is 104 cm³/mol. The van der Waals surface area contributed by atoms with Gasteiger partial charge in [-0.1, -0.05) is 30.3 Å². The minimum absolute atomic E-state index is 0. The quantitative estimate of drug-likeness (QED) is 0.878. The lowest BCUT2D eigenvalue weighted by Crippen LogP contribution is -2.34. The molecule has 0 bridgehead atoms. The first-order valence-corrected chi connectivity index (χ1v) is 8.56. The minimum Gasteiger partial charge on any atom is -0.337 e. The molecule has 1 aromatic heterocycles. The van der Waals surface area contributed by atoms with Crippen molar-refractivity contribution in [1.82, 2.24) is 15.2 Å². The number of thiazole rings is 1. The first kappa shape index (κ1) is 20.9. The number of carbonyl (C=O) groups excluding carboxylic acids is 1. The highest BCUT2D eigenvalue weighted by Gasteiger charge is 2.22. The van der Waals surface area contributed by atoms with Crippen molar-refractivity contribution in [3.05, 3.63) is 51.5 Å². The van der Waals surface area contributed by atoms with Crippen LogP contribution in [0.15, 0.2) is 30.3 Å². The van der Waals surface area contributed by atoms with Crippen molar-refractivity contribution in [2.75, 3.05) is 26.2 Å². The highest BCUT2D eigenvalue weighted by Crippen LogP contribution is 2.22. The van der Waals surface area contributed by atoms with E-state index in [2.05, 4.69) is 22.4 Å². The van der Waals surface area contributed by atoms with E-state index in [1.54, 1.807) is 11.3 Å². The summed E-state index contributed by atoms with van der Waals surface area (Å²) < 4.78 is 0. The van der Waals surface area contributed by atoms with Crippen molar-refractivity contribution in [1.29, 1.82) is 0 Å². The maximum Gasteiger partial charge on any atom is 0.265 e. The van der Waals surface area contributed by atoms with E-state index in [1.165, 1.54) is 5.56 Å². The van der Waals surface area contributed by atoms with Gasteiger partial charge in [-0.15, -0.1) is 36.2 Å². The molecule has 3 rings (SSSR count). The van der Waals surface area contributed by atoms with Crippen molar-refractivity contribution in [3.63, 3.8) is 0 Å². The molecule has 4 nitrogen and oxygen atoms in total. The van der Waals surface area contributed by atoms with Crippen LogP contribution in [-0.4, -0.2) is 42.0 Å². The molecule has 0 saturated carbocycles. The molecule has 0 unspecified atom stereocenters. The van der Waals surface area contributed by atoms with Gasteiger partial charge in [-0.3, -0.25) is 4.79 Å². The zero-order valence-corrected chi connectivity index (χ0v) is 16.1. The second-order valence-electron chi connectivity index (χ2n) is 5.58. The second kappa shape index (κ2) is 9.99. The van der Waals surface area contributed by atoms with Crippen LogP contribution in [0.25, 0.3) is 0 Å². The molecule has 1 aliphatic heterocycles. The number of aryl methyl sites for hydroxylation is 1. The van der Waals surface area contributed by atoms with Crippen LogP contribution in [0.5, 0.6) is 0 Å². The maximum absolute atomic E-state index is 12.7. The number of benzene rings is 1. The third-order valence-corrected chi connectivity index (χ3v) is 5.01. The standard InChI is InChI=1S/C17H21N3OS.2ClH/c1-13-16(17(21)20-10-5-8-18-9-11-20)22-15(19-13)12-14-6-3-2-4-7-14;;/h2-4,6-7,18H,5,8-12H2,1H3;2*1H. The molecule has 0 aliphatic carbocycles. The van der Waals surface area contributed by atoms with E-state index in [-0.39, 0.29) is 30.7 Å². The zero-order valence-electron chi connectivity index (χ0n) is 13.7.